The zero-order valence-electron chi connectivity index (χ0n) is 3.57. The van der Waals surface area contributed by atoms with E-state index in [4.69, 9.17) is 0 Å². The molecular weight excluding hydrogens is 311 g/mol. The van der Waals surface area contributed by atoms with Gasteiger partial charge >= 0.3 is 0 Å². The monoisotopic (exact) mass is 310 g/mol. The molecule has 5 heteroatoms. The maximum Gasteiger partial charge on any atom is 0.233 e. The Balaban J connectivity index is 3.64. The molecule has 0 radical (unpaired) electrons. The lowest BCUT2D eigenvalue weighted by molar-refractivity contribution is -0.114. The number of halogens is 4. The highest BCUT2D eigenvalue weighted by Gasteiger charge is 2.20. The zero-order chi connectivity index (χ0) is 6.73. The summed E-state index contributed by atoms with van der Waals surface area (Å²) in [5.41, 5.74) is 0. The Hall–Kier alpha value is 1.04. The van der Waals surface area contributed by atoms with Crippen molar-refractivity contribution >= 4 is 52.5 Å². The van der Waals surface area contributed by atoms with Crippen LogP contribution in [-0.2, 0) is 4.79 Å². The lowest BCUT2D eigenvalue weighted by Gasteiger charge is -2.00. The SMILES string of the molecule is O=C(Br)C(F)C(Br)Br. The van der Waals surface area contributed by atoms with Gasteiger partial charge < -0.3 is 0 Å². The van der Waals surface area contributed by atoms with Crippen molar-refractivity contribution in [3.63, 3.8) is 0 Å². The lowest BCUT2D eigenvalue weighted by Crippen LogP contribution is -2.15. The van der Waals surface area contributed by atoms with Crippen molar-refractivity contribution in [2.75, 3.05) is 0 Å². The molecule has 0 saturated carbocycles. The number of hydrogen-bond donors (Lipinski definition) is 0. The van der Waals surface area contributed by atoms with Crippen LogP contribution in [0, 0.1) is 0 Å². The number of carbonyl (C=O) groups excluding carboxylic acids is 1. The number of hydrogen-bond acceptors (Lipinski definition) is 1. The van der Waals surface area contributed by atoms with Gasteiger partial charge in [0.05, 0.1) is 0 Å². The Morgan fingerprint density at radius 1 is 1.50 bits per heavy atom. The van der Waals surface area contributed by atoms with Crippen molar-refractivity contribution < 1.29 is 9.18 Å². The summed E-state index contributed by atoms with van der Waals surface area (Å²) in [6.07, 6.45) is -1.52. The summed E-state index contributed by atoms with van der Waals surface area (Å²) in [5.74, 6) is 0. The predicted octanol–water partition coefficient (Wildman–Crippen LogP) is 2.36. The topological polar surface area (TPSA) is 17.1 Å². The first kappa shape index (κ1) is 9.04. The second-order valence-electron chi connectivity index (χ2n) is 1.04. The standard InChI is InChI=1S/C3H2Br3FO/c4-2(5)1(7)3(6)8/h1-2H. The summed E-state index contributed by atoms with van der Waals surface area (Å²) in [5, 5.41) is 0. The van der Waals surface area contributed by atoms with Crippen molar-refractivity contribution in [2.24, 2.45) is 0 Å². The molecule has 0 aromatic heterocycles. The minimum Gasteiger partial charge on any atom is -0.283 e. The van der Waals surface area contributed by atoms with Crippen molar-refractivity contribution in [1.82, 2.24) is 0 Å². The highest BCUT2D eigenvalue weighted by Crippen LogP contribution is 2.18. The van der Waals surface area contributed by atoms with Crippen LogP contribution in [0.4, 0.5) is 4.39 Å². The van der Waals surface area contributed by atoms with Crippen molar-refractivity contribution in [3.8, 4) is 0 Å². The van der Waals surface area contributed by atoms with Crippen LogP contribution in [0.1, 0.15) is 0 Å². The first-order valence-corrected chi connectivity index (χ1v) is 4.29. The van der Waals surface area contributed by atoms with Crippen molar-refractivity contribution in [3.05, 3.63) is 0 Å². The van der Waals surface area contributed by atoms with Gasteiger partial charge in [0.1, 0.15) is 3.74 Å². The van der Waals surface area contributed by atoms with Crippen LogP contribution < -0.4 is 0 Å². The van der Waals surface area contributed by atoms with E-state index in [0.29, 0.717) is 0 Å². The van der Waals surface area contributed by atoms with Crippen LogP contribution in [0.3, 0.4) is 0 Å². The molecule has 1 unspecified atom stereocenters. The molecule has 0 aliphatic rings. The van der Waals surface area contributed by atoms with E-state index in [-0.39, 0.29) is 0 Å². The Bertz CT molecular complexity index is 94.5. The fourth-order valence-corrected chi connectivity index (χ4v) is 1.55. The third-order valence-corrected chi connectivity index (χ3v) is 1.80. The predicted molar refractivity (Wildman–Crippen MR) is 40.5 cm³/mol. The molecule has 0 saturated heterocycles. The summed E-state index contributed by atoms with van der Waals surface area (Å²) in [4.78, 5) is 10.1. The molecule has 1 atom stereocenters. The fraction of sp³-hybridized carbons (Fsp3) is 0.667. The Kier molecular flexibility index (Phi) is 4.47. The van der Waals surface area contributed by atoms with E-state index in [9.17, 15) is 9.18 Å². The largest absolute Gasteiger partial charge is 0.283 e. The van der Waals surface area contributed by atoms with Crippen LogP contribution >= 0.6 is 47.8 Å². The third kappa shape index (κ3) is 3.14. The van der Waals surface area contributed by atoms with Gasteiger partial charge in [0.15, 0.2) is 6.17 Å². The number of alkyl halides is 3. The van der Waals surface area contributed by atoms with Crippen LogP contribution in [0.25, 0.3) is 0 Å². The summed E-state index contributed by atoms with van der Waals surface area (Å²) < 4.78 is 10.9. The van der Waals surface area contributed by atoms with Gasteiger partial charge in [0, 0.05) is 0 Å². The maximum atomic E-state index is 12.2. The Labute approximate surface area is 71.4 Å². The molecule has 0 heterocycles. The van der Waals surface area contributed by atoms with Gasteiger partial charge in [-0.25, -0.2) is 4.39 Å². The van der Waals surface area contributed by atoms with E-state index in [1.54, 1.807) is 0 Å². The smallest absolute Gasteiger partial charge is 0.233 e. The average Bonchev–Trinajstić information content (AvgIpc) is 1.64. The first-order chi connectivity index (χ1) is 3.55. The van der Waals surface area contributed by atoms with Gasteiger partial charge in [0.2, 0.25) is 4.69 Å². The third-order valence-electron chi connectivity index (χ3n) is 0.438. The molecule has 48 valence electrons. The van der Waals surface area contributed by atoms with E-state index in [1.165, 1.54) is 0 Å². The first-order valence-electron chi connectivity index (χ1n) is 1.67. The van der Waals surface area contributed by atoms with Gasteiger partial charge in [-0.2, -0.15) is 0 Å². The molecular formula is C3H2Br3FO. The second kappa shape index (κ2) is 3.95. The second-order valence-corrected chi connectivity index (χ2v) is 5.02. The van der Waals surface area contributed by atoms with Gasteiger partial charge in [-0.1, -0.05) is 31.9 Å². The van der Waals surface area contributed by atoms with E-state index in [1.807, 2.05) is 0 Å². The fourth-order valence-electron chi connectivity index (χ4n) is 0.0991. The molecule has 0 rings (SSSR count). The molecule has 1 nitrogen and oxygen atoms in total. The van der Waals surface area contributed by atoms with Crippen molar-refractivity contribution in [2.45, 2.75) is 9.91 Å². The summed E-state index contributed by atoms with van der Waals surface area (Å²) >= 11 is 8.13. The summed E-state index contributed by atoms with van der Waals surface area (Å²) in [7, 11) is 0. The molecule has 0 aromatic carbocycles. The highest BCUT2D eigenvalue weighted by atomic mass is 79.9. The van der Waals surface area contributed by atoms with Crippen LogP contribution in [0.2, 0.25) is 0 Å². The molecule has 0 bridgehead atoms. The lowest BCUT2D eigenvalue weighted by atomic mass is 10.5. The van der Waals surface area contributed by atoms with Gasteiger partial charge in [-0.05, 0) is 15.9 Å². The van der Waals surface area contributed by atoms with E-state index in [0.717, 1.165) is 0 Å². The number of carbonyl (C=O) groups is 1. The van der Waals surface area contributed by atoms with Gasteiger partial charge in [-0.3, -0.25) is 4.79 Å². The van der Waals surface area contributed by atoms with Crippen LogP contribution in [0.5, 0.6) is 0 Å². The average molecular weight is 313 g/mol. The van der Waals surface area contributed by atoms with E-state index in [2.05, 4.69) is 47.8 Å². The molecule has 0 amide bonds. The highest BCUT2D eigenvalue weighted by molar-refractivity contribution is 9.24. The maximum absolute atomic E-state index is 12.2. The van der Waals surface area contributed by atoms with Gasteiger partial charge in [0.25, 0.3) is 0 Å². The zero-order valence-corrected chi connectivity index (χ0v) is 8.33. The minimum absolute atomic E-state index is 0.595. The van der Waals surface area contributed by atoms with E-state index >= 15 is 0 Å². The minimum atomic E-state index is -1.52. The Morgan fingerprint density at radius 3 is 1.88 bits per heavy atom. The molecule has 8 heavy (non-hydrogen) atoms. The normalized spacial score (nSPS) is 14.1. The van der Waals surface area contributed by atoms with E-state index < -0.39 is 14.6 Å². The molecule has 0 aliphatic carbocycles. The van der Waals surface area contributed by atoms with Crippen LogP contribution in [-0.4, -0.2) is 14.6 Å². The Morgan fingerprint density at radius 2 is 1.88 bits per heavy atom. The molecule has 0 aromatic rings. The summed E-state index contributed by atoms with van der Waals surface area (Å²) in [6, 6.07) is 0. The number of rotatable bonds is 2. The molecule has 0 N–H and O–H groups in total. The molecule has 0 aliphatic heterocycles. The summed E-state index contributed by atoms with van der Waals surface area (Å²) in [6.45, 7) is 0. The van der Waals surface area contributed by atoms with Gasteiger partial charge in [-0.15, -0.1) is 0 Å². The van der Waals surface area contributed by atoms with Crippen molar-refractivity contribution in [1.29, 1.82) is 0 Å². The van der Waals surface area contributed by atoms with Crippen LogP contribution in [0.15, 0.2) is 0 Å². The molecule has 0 spiro atoms. The quantitative estimate of drug-likeness (QED) is 0.565. The molecule has 0 fully saturated rings.